The molecular formula is C24H28N4O3. The molecule has 0 aliphatic heterocycles. The SMILES string of the molecule is CC(=O)Nc1ccc(C#CC2(NC(=O)c3c(C)cc(C)n(C)c3=O)CCCCC2)cn1. The van der Waals surface area contributed by atoms with E-state index in [-0.39, 0.29) is 22.9 Å². The van der Waals surface area contributed by atoms with Crippen molar-refractivity contribution in [2.45, 2.75) is 58.4 Å². The summed E-state index contributed by atoms with van der Waals surface area (Å²) in [6.07, 6.45) is 6.07. The van der Waals surface area contributed by atoms with E-state index in [4.69, 9.17) is 0 Å². The zero-order valence-electron chi connectivity index (χ0n) is 18.5. The van der Waals surface area contributed by atoms with Gasteiger partial charge in [0.1, 0.15) is 16.9 Å². The van der Waals surface area contributed by atoms with Gasteiger partial charge in [0, 0.05) is 31.4 Å². The average molecular weight is 421 g/mol. The van der Waals surface area contributed by atoms with E-state index in [1.165, 1.54) is 11.5 Å². The number of hydrogen-bond acceptors (Lipinski definition) is 4. The maximum Gasteiger partial charge on any atom is 0.263 e. The van der Waals surface area contributed by atoms with Crippen LogP contribution in [0.5, 0.6) is 0 Å². The van der Waals surface area contributed by atoms with Gasteiger partial charge in [0.15, 0.2) is 0 Å². The Morgan fingerprint density at radius 3 is 2.48 bits per heavy atom. The highest BCUT2D eigenvalue weighted by atomic mass is 16.2. The summed E-state index contributed by atoms with van der Waals surface area (Å²) in [5.41, 5.74) is 1.34. The van der Waals surface area contributed by atoms with Crippen LogP contribution in [-0.4, -0.2) is 26.9 Å². The van der Waals surface area contributed by atoms with Crippen LogP contribution in [0.3, 0.4) is 0 Å². The molecule has 0 radical (unpaired) electrons. The Bertz CT molecular complexity index is 1110. The third kappa shape index (κ3) is 5.21. The third-order valence-corrected chi connectivity index (χ3v) is 5.67. The molecule has 0 bridgehead atoms. The van der Waals surface area contributed by atoms with Crippen molar-refractivity contribution in [2.24, 2.45) is 7.05 Å². The van der Waals surface area contributed by atoms with Crippen LogP contribution in [-0.2, 0) is 11.8 Å². The summed E-state index contributed by atoms with van der Waals surface area (Å²) in [6.45, 7) is 5.05. The summed E-state index contributed by atoms with van der Waals surface area (Å²) < 4.78 is 1.49. The number of aromatic nitrogens is 2. The van der Waals surface area contributed by atoms with E-state index in [2.05, 4.69) is 27.5 Å². The van der Waals surface area contributed by atoms with Crippen LogP contribution in [0.2, 0.25) is 0 Å². The average Bonchev–Trinajstić information content (AvgIpc) is 2.72. The lowest BCUT2D eigenvalue weighted by molar-refractivity contribution is -0.114. The number of amides is 2. The van der Waals surface area contributed by atoms with E-state index in [1.807, 2.05) is 13.0 Å². The van der Waals surface area contributed by atoms with Crippen LogP contribution in [0, 0.1) is 25.7 Å². The van der Waals surface area contributed by atoms with E-state index >= 15 is 0 Å². The van der Waals surface area contributed by atoms with Crippen molar-refractivity contribution in [2.75, 3.05) is 5.32 Å². The molecule has 1 aliphatic rings. The van der Waals surface area contributed by atoms with E-state index in [1.54, 1.807) is 32.3 Å². The lowest BCUT2D eigenvalue weighted by atomic mass is 9.81. The molecular weight excluding hydrogens is 392 g/mol. The number of carbonyl (C=O) groups excluding carboxylic acids is 2. The maximum absolute atomic E-state index is 13.1. The van der Waals surface area contributed by atoms with Gasteiger partial charge in [-0.3, -0.25) is 14.4 Å². The number of anilines is 1. The van der Waals surface area contributed by atoms with Gasteiger partial charge in [-0.25, -0.2) is 4.98 Å². The molecule has 0 spiro atoms. The van der Waals surface area contributed by atoms with E-state index < -0.39 is 5.54 Å². The first-order valence-electron chi connectivity index (χ1n) is 10.5. The number of nitrogens with zero attached hydrogens (tertiary/aromatic N) is 2. The van der Waals surface area contributed by atoms with Crippen molar-refractivity contribution in [1.82, 2.24) is 14.9 Å². The summed E-state index contributed by atoms with van der Waals surface area (Å²) in [7, 11) is 1.67. The van der Waals surface area contributed by atoms with Gasteiger partial charge < -0.3 is 15.2 Å². The zero-order chi connectivity index (χ0) is 22.6. The minimum absolute atomic E-state index is 0.168. The molecule has 0 saturated heterocycles. The molecule has 0 unspecified atom stereocenters. The summed E-state index contributed by atoms with van der Waals surface area (Å²) in [5.74, 6) is 6.27. The van der Waals surface area contributed by atoms with E-state index in [0.717, 1.165) is 37.8 Å². The summed E-state index contributed by atoms with van der Waals surface area (Å²) >= 11 is 0. The molecule has 31 heavy (non-hydrogen) atoms. The summed E-state index contributed by atoms with van der Waals surface area (Å²) in [5, 5.41) is 5.70. The summed E-state index contributed by atoms with van der Waals surface area (Å²) in [6, 6.07) is 5.32. The van der Waals surface area contributed by atoms with Gasteiger partial charge in [-0.1, -0.05) is 31.1 Å². The highest BCUT2D eigenvalue weighted by molar-refractivity contribution is 5.96. The van der Waals surface area contributed by atoms with Crippen LogP contribution in [0.1, 0.15) is 66.2 Å². The highest BCUT2D eigenvalue weighted by Gasteiger charge is 2.33. The van der Waals surface area contributed by atoms with Crippen molar-refractivity contribution in [3.63, 3.8) is 0 Å². The maximum atomic E-state index is 13.1. The van der Waals surface area contributed by atoms with Crippen LogP contribution in [0.25, 0.3) is 0 Å². The van der Waals surface area contributed by atoms with Crippen LogP contribution in [0.4, 0.5) is 5.82 Å². The minimum Gasteiger partial charge on any atom is -0.335 e. The number of pyridine rings is 2. The Balaban J connectivity index is 1.88. The highest BCUT2D eigenvalue weighted by Crippen LogP contribution is 2.28. The van der Waals surface area contributed by atoms with Crippen molar-refractivity contribution >= 4 is 17.6 Å². The molecule has 2 heterocycles. The van der Waals surface area contributed by atoms with Crippen molar-refractivity contribution in [3.05, 3.63) is 57.1 Å². The second-order valence-electron chi connectivity index (χ2n) is 8.17. The van der Waals surface area contributed by atoms with Gasteiger partial charge in [-0.15, -0.1) is 0 Å². The topological polar surface area (TPSA) is 93.1 Å². The number of aryl methyl sites for hydroxylation is 2. The fourth-order valence-electron chi connectivity index (χ4n) is 3.89. The third-order valence-electron chi connectivity index (χ3n) is 5.67. The van der Waals surface area contributed by atoms with Gasteiger partial charge in [0.2, 0.25) is 5.91 Å². The van der Waals surface area contributed by atoms with Gasteiger partial charge in [0.25, 0.3) is 11.5 Å². The molecule has 7 nitrogen and oxygen atoms in total. The second-order valence-corrected chi connectivity index (χ2v) is 8.17. The normalized spacial score (nSPS) is 14.8. The largest absolute Gasteiger partial charge is 0.335 e. The predicted molar refractivity (Wildman–Crippen MR) is 120 cm³/mol. The van der Waals surface area contributed by atoms with E-state index in [9.17, 15) is 14.4 Å². The van der Waals surface area contributed by atoms with Gasteiger partial charge >= 0.3 is 0 Å². The predicted octanol–water partition coefficient (Wildman–Crippen LogP) is 2.84. The molecule has 1 aliphatic carbocycles. The second kappa shape index (κ2) is 9.17. The number of nitrogens with one attached hydrogen (secondary N) is 2. The Morgan fingerprint density at radius 2 is 1.87 bits per heavy atom. The number of carbonyl (C=O) groups is 2. The quantitative estimate of drug-likeness (QED) is 0.747. The Labute approximate surface area is 182 Å². The van der Waals surface area contributed by atoms with Crippen molar-refractivity contribution < 1.29 is 9.59 Å². The van der Waals surface area contributed by atoms with Gasteiger partial charge in [-0.2, -0.15) is 0 Å². The molecule has 7 heteroatoms. The molecule has 1 fully saturated rings. The molecule has 0 atom stereocenters. The Morgan fingerprint density at radius 1 is 1.16 bits per heavy atom. The Hall–Kier alpha value is -3.40. The van der Waals surface area contributed by atoms with Crippen LogP contribution >= 0.6 is 0 Å². The first-order valence-corrected chi connectivity index (χ1v) is 10.5. The fourth-order valence-corrected chi connectivity index (χ4v) is 3.89. The fraction of sp³-hybridized carbons (Fsp3) is 0.417. The molecule has 2 aromatic rings. The van der Waals surface area contributed by atoms with Crippen molar-refractivity contribution in [1.29, 1.82) is 0 Å². The molecule has 0 aromatic carbocycles. The number of hydrogen-bond donors (Lipinski definition) is 2. The molecule has 3 rings (SSSR count). The van der Waals surface area contributed by atoms with Crippen LogP contribution in [0.15, 0.2) is 29.2 Å². The zero-order valence-corrected chi connectivity index (χ0v) is 18.5. The first kappa shape index (κ1) is 22.3. The molecule has 162 valence electrons. The molecule has 2 aromatic heterocycles. The monoisotopic (exact) mass is 420 g/mol. The smallest absolute Gasteiger partial charge is 0.263 e. The first-order chi connectivity index (χ1) is 14.7. The minimum atomic E-state index is -0.687. The lowest BCUT2D eigenvalue weighted by Gasteiger charge is -2.33. The molecule has 2 N–H and O–H groups in total. The lowest BCUT2D eigenvalue weighted by Crippen LogP contribution is -2.50. The van der Waals surface area contributed by atoms with Crippen molar-refractivity contribution in [3.8, 4) is 11.8 Å². The van der Waals surface area contributed by atoms with Gasteiger partial charge in [0.05, 0.1) is 0 Å². The Kier molecular flexibility index (Phi) is 6.59. The molecule has 2 amide bonds. The number of rotatable bonds is 3. The van der Waals surface area contributed by atoms with E-state index in [0.29, 0.717) is 16.9 Å². The van der Waals surface area contributed by atoms with Crippen LogP contribution < -0.4 is 16.2 Å². The van der Waals surface area contributed by atoms with Gasteiger partial charge in [-0.05, 0) is 50.5 Å². The molecule has 1 saturated carbocycles. The standard InChI is InChI=1S/C24H28N4O3/c1-16-14-17(2)28(4)23(31)21(16)22(30)27-24(11-6-5-7-12-24)13-10-19-8-9-20(25-15-19)26-18(3)29/h8-9,14-15H,5-7,11-12H2,1-4H3,(H,27,30)(H,25,26,29). The summed E-state index contributed by atoms with van der Waals surface area (Å²) in [4.78, 5) is 41.2.